The molecule has 0 unspecified atom stereocenters. The van der Waals surface area contributed by atoms with Gasteiger partial charge in [0.1, 0.15) is 22.8 Å². The van der Waals surface area contributed by atoms with Crippen molar-refractivity contribution in [1.82, 2.24) is 35.1 Å². The minimum absolute atomic E-state index is 0.0772. The number of aliphatic hydroxyl groups is 1. The molecule has 0 saturated carbocycles. The maximum Gasteiger partial charge on any atom is 0.254 e. The summed E-state index contributed by atoms with van der Waals surface area (Å²) in [4.78, 5) is 54.5. The van der Waals surface area contributed by atoms with Gasteiger partial charge in [0.15, 0.2) is 17.4 Å². The second-order valence-corrected chi connectivity index (χ2v) is 20.0. The Labute approximate surface area is 397 Å². The Morgan fingerprint density at radius 1 is 1.00 bits per heavy atom. The van der Waals surface area contributed by atoms with Gasteiger partial charge in [0.05, 0.1) is 47.0 Å². The largest absolute Gasteiger partial charge is 0.476 e. The highest BCUT2D eigenvalue weighted by molar-refractivity contribution is 7.15. The third-order valence-corrected chi connectivity index (χ3v) is 14.9. The van der Waals surface area contributed by atoms with Crippen LogP contribution in [0.1, 0.15) is 115 Å². The molecule has 0 radical (unpaired) electrons. The fourth-order valence-electron chi connectivity index (χ4n) is 8.79. The first-order valence-corrected chi connectivity index (χ1v) is 24.6. The van der Waals surface area contributed by atoms with Crippen molar-refractivity contribution in [3.8, 4) is 21.3 Å². The van der Waals surface area contributed by atoms with E-state index in [2.05, 4.69) is 39.5 Å². The van der Waals surface area contributed by atoms with Gasteiger partial charge in [0.2, 0.25) is 11.8 Å². The lowest BCUT2D eigenvalue weighted by Crippen LogP contribution is -2.44. The zero-order chi connectivity index (χ0) is 46.6. The van der Waals surface area contributed by atoms with E-state index in [-0.39, 0.29) is 55.2 Å². The number of thiophene rings is 1. The number of amides is 2. The van der Waals surface area contributed by atoms with E-state index in [0.29, 0.717) is 42.6 Å². The number of aliphatic hydroxyl groups excluding tert-OH is 1. The van der Waals surface area contributed by atoms with E-state index < -0.39 is 24.1 Å². The molecule has 0 spiro atoms. The van der Waals surface area contributed by atoms with Gasteiger partial charge < -0.3 is 24.6 Å². The third-order valence-electron chi connectivity index (χ3n) is 12.4. The molecule has 2 aliphatic rings. The first-order valence-electron chi connectivity index (χ1n) is 22.5. The number of halogens is 1. The van der Waals surface area contributed by atoms with Crippen LogP contribution in [0, 0.1) is 33.6 Å². The zero-order valence-corrected chi connectivity index (χ0v) is 40.4. The molecule has 2 amide bonds. The average Bonchev–Trinajstić information content (AvgIpc) is 4.14. The van der Waals surface area contributed by atoms with Crippen molar-refractivity contribution >= 4 is 57.6 Å². The SMILES string of the molecule is Cc1ncsc1-c1ccc(CCC(=O)[C@@H]2C[C@@H](O)CN2C(=O)[C@@H](c2cc(OCCCCCNC(=O)C[C@@H]3N=C(c4ccc(Cl)cc4)c4c(sc(C)c4C)-n4c(C)nnc43)no2)C(C)C)cc1. The first kappa shape index (κ1) is 47.0. The van der Waals surface area contributed by atoms with E-state index in [1.54, 1.807) is 28.7 Å². The Bertz CT molecular complexity index is 2720. The summed E-state index contributed by atoms with van der Waals surface area (Å²) in [6, 6.07) is 16.1. The Morgan fingerprint density at radius 3 is 2.48 bits per heavy atom. The Morgan fingerprint density at radius 2 is 1.76 bits per heavy atom. The van der Waals surface area contributed by atoms with Crippen LogP contribution in [0.3, 0.4) is 0 Å². The molecule has 66 heavy (non-hydrogen) atoms. The standard InChI is InChI=1S/C49H55ClN8O6S2/c1-27(2)43(48(62)57-25-36(59)22-38(57)39(60)19-12-32-10-13-34(14-11-32)46-29(4)52-26-65-46)40-24-42(56-64-40)63-21-9-7-8-20-51-41(61)23-37-47-55-54-31(6)58(47)49-44(28(3)30(5)66-49)45(53-37)33-15-17-35(50)18-16-33/h10-11,13-18,24,26-27,36-38,43,59H,7-9,12,19-23,25H2,1-6H3,(H,51,61)/t36-,37+,38+,43-/m1/s1. The van der Waals surface area contributed by atoms with Crippen LogP contribution in [-0.4, -0.2) is 90.1 Å². The van der Waals surface area contributed by atoms with E-state index >= 15 is 0 Å². The summed E-state index contributed by atoms with van der Waals surface area (Å²) in [6.07, 6.45) is 2.54. The molecule has 1 fully saturated rings. The normalized spacial score (nSPS) is 17.3. The number of nitrogens with one attached hydrogen (secondary N) is 1. The minimum Gasteiger partial charge on any atom is -0.476 e. The zero-order valence-electron chi connectivity index (χ0n) is 38.0. The number of carbonyl (C=O) groups excluding carboxylic acids is 3. The van der Waals surface area contributed by atoms with Crippen LogP contribution >= 0.6 is 34.3 Å². The molecule has 2 aliphatic heterocycles. The van der Waals surface area contributed by atoms with Gasteiger partial charge in [-0.25, -0.2) is 4.98 Å². The molecule has 4 aromatic heterocycles. The van der Waals surface area contributed by atoms with Crippen LogP contribution in [0.25, 0.3) is 15.4 Å². The lowest BCUT2D eigenvalue weighted by atomic mass is 9.91. The summed E-state index contributed by atoms with van der Waals surface area (Å²) in [7, 11) is 0. The van der Waals surface area contributed by atoms with Gasteiger partial charge in [-0.05, 0) is 93.3 Å². The average molecular weight is 952 g/mol. The highest BCUT2D eigenvalue weighted by atomic mass is 35.5. The van der Waals surface area contributed by atoms with Gasteiger partial charge in [0.25, 0.3) is 5.88 Å². The lowest BCUT2D eigenvalue weighted by Gasteiger charge is -2.28. The van der Waals surface area contributed by atoms with Crippen molar-refractivity contribution in [2.75, 3.05) is 19.7 Å². The van der Waals surface area contributed by atoms with Crippen LogP contribution < -0.4 is 10.1 Å². The fraction of sp³-hybridized carbons (Fsp3) is 0.429. The second-order valence-electron chi connectivity index (χ2n) is 17.5. The van der Waals surface area contributed by atoms with Crippen LogP contribution in [0.2, 0.25) is 5.02 Å². The number of nitrogens with zero attached hydrogens (tertiary/aromatic N) is 7. The summed E-state index contributed by atoms with van der Waals surface area (Å²) >= 11 is 9.52. The van der Waals surface area contributed by atoms with Gasteiger partial charge in [0, 0.05) is 53.0 Å². The number of ketones is 1. The van der Waals surface area contributed by atoms with Crippen molar-refractivity contribution in [2.45, 2.75) is 111 Å². The number of unbranched alkanes of at least 4 members (excludes halogenated alkanes) is 2. The molecule has 0 bridgehead atoms. The van der Waals surface area contributed by atoms with Crippen LogP contribution in [0.15, 0.2) is 69.6 Å². The van der Waals surface area contributed by atoms with Crippen molar-refractivity contribution < 1.29 is 28.8 Å². The highest BCUT2D eigenvalue weighted by Gasteiger charge is 2.43. The van der Waals surface area contributed by atoms with Gasteiger partial charge in [-0.2, -0.15) is 0 Å². The Hall–Kier alpha value is -5.55. The molecule has 8 rings (SSSR count). The van der Waals surface area contributed by atoms with E-state index in [1.165, 1.54) is 9.78 Å². The van der Waals surface area contributed by atoms with Crippen LogP contribution in [0.4, 0.5) is 0 Å². The molecular formula is C49H55ClN8O6S2. The van der Waals surface area contributed by atoms with Crippen molar-refractivity contribution in [3.63, 3.8) is 0 Å². The van der Waals surface area contributed by atoms with Crippen molar-refractivity contribution in [3.05, 3.63) is 115 Å². The lowest BCUT2D eigenvalue weighted by molar-refractivity contribution is -0.140. The predicted octanol–water partition coefficient (Wildman–Crippen LogP) is 8.88. The maximum atomic E-state index is 14.1. The quantitative estimate of drug-likeness (QED) is 0.0791. The van der Waals surface area contributed by atoms with Gasteiger partial charge in [-0.1, -0.05) is 61.8 Å². The molecule has 6 heterocycles. The monoisotopic (exact) mass is 950 g/mol. The third kappa shape index (κ3) is 10.2. The highest BCUT2D eigenvalue weighted by Crippen LogP contribution is 2.40. The molecule has 346 valence electrons. The molecule has 14 nitrogen and oxygen atoms in total. The molecule has 17 heteroatoms. The molecule has 6 aromatic rings. The van der Waals surface area contributed by atoms with Crippen LogP contribution in [-0.2, 0) is 20.8 Å². The number of benzene rings is 2. The smallest absolute Gasteiger partial charge is 0.254 e. The Balaban J connectivity index is 0.808. The Kier molecular flexibility index (Phi) is 14.6. The molecule has 0 aliphatic carbocycles. The van der Waals surface area contributed by atoms with E-state index in [4.69, 9.17) is 25.9 Å². The molecular weight excluding hydrogens is 896 g/mol. The number of aromatic nitrogens is 5. The maximum absolute atomic E-state index is 14.1. The van der Waals surface area contributed by atoms with E-state index in [0.717, 1.165) is 67.8 Å². The summed E-state index contributed by atoms with van der Waals surface area (Å²) in [5, 5.41) is 28.3. The minimum atomic E-state index is -0.791. The number of ether oxygens (including phenoxy) is 1. The van der Waals surface area contributed by atoms with Gasteiger partial charge in [-0.3, -0.25) is 23.9 Å². The summed E-state index contributed by atoms with van der Waals surface area (Å²) in [5.74, 6) is 0.618. The van der Waals surface area contributed by atoms with E-state index in [1.807, 2.05) is 86.3 Å². The fourth-order valence-corrected chi connectivity index (χ4v) is 10.9. The van der Waals surface area contributed by atoms with Crippen molar-refractivity contribution in [1.29, 1.82) is 0 Å². The number of fused-ring (bicyclic) bond motifs is 3. The number of likely N-dealkylation sites (tertiary alicyclic amines) is 1. The number of hydrogen-bond donors (Lipinski definition) is 2. The number of rotatable bonds is 18. The summed E-state index contributed by atoms with van der Waals surface area (Å²) < 4.78 is 13.6. The van der Waals surface area contributed by atoms with Gasteiger partial charge in [-0.15, -0.1) is 32.9 Å². The van der Waals surface area contributed by atoms with Crippen LogP contribution in [0.5, 0.6) is 5.88 Å². The molecule has 2 aromatic carbocycles. The second kappa shape index (κ2) is 20.5. The molecule has 1 saturated heterocycles. The number of hydrogen-bond acceptors (Lipinski definition) is 13. The topological polar surface area (TPSA) is 178 Å². The van der Waals surface area contributed by atoms with E-state index in [9.17, 15) is 19.5 Å². The number of aliphatic imine (C=N–C) groups is 1. The van der Waals surface area contributed by atoms with Crippen molar-refractivity contribution in [2.24, 2.45) is 10.9 Å². The number of aryl methyl sites for hydroxylation is 4. The number of thiazole rings is 1. The predicted molar refractivity (Wildman–Crippen MR) is 256 cm³/mol. The summed E-state index contributed by atoms with van der Waals surface area (Å²) in [5.41, 5.74) is 8.80. The number of carbonyl (C=O) groups is 3. The summed E-state index contributed by atoms with van der Waals surface area (Å²) in [6.45, 7) is 12.9. The number of Topliss-reactive ketones (excluding diaryl/α,β-unsaturated/α-hetero) is 1. The first-order chi connectivity index (χ1) is 31.8. The van der Waals surface area contributed by atoms with Gasteiger partial charge >= 0.3 is 0 Å². The molecule has 4 atom stereocenters. The number of β-amino-alcohol motifs (C(OH)–C–C–N with tert-alkyl or cyclic N) is 1. The molecule has 2 N–H and O–H groups in total.